The SMILES string of the molecule is CONc1cc(C(=O)OC)c(C)cc1OC. The van der Waals surface area contributed by atoms with Gasteiger partial charge in [0.2, 0.25) is 0 Å². The Morgan fingerprint density at radius 2 is 1.94 bits per heavy atom. The van der Waals surface area contributed by atoms with Crippen LogP contribution in [0.15, 0.2) is 12.1 Å². The Balaban J connectivity index is 3.21. The number of nitrogens with one attached hydrogen (secondary N) is 1. The number of benzene rings is 1. The fraction of sp³-hybridized carbons (Fsp3) is 0.364. The minimum absolute atomic E-state index is 0.390. The molecule has 0 aliphatic rings. The minimum atomic E-state index is -0.390. The average Bonchev–Trinajstić information content (AvgIpc) is 2.30. The summed E-state index contributed by atoms with van der Waals surface area (Å²) in [5.74, 6) is 0.214. The predicted octanol–water partition coefficient (Wildman–Crippen LogP) is 1.76. The second-order valence-electron chi connectivity index (χ2n) is 3.17. The topological polar surface area (TPSA) is 56.8 Å². The molecule has 0 spiro atoms. The van der Waals surface area contributed by atoms with Crippen molar-refractivity contribution < 1.29 is 19.1 Å². The first kappa shape index (κ1) is 12.3. The molecule has 0 unspecified atom stereocenters. The molecule has 0 amide bonds. The lowest BCUT2D eigenvalue weighted by atomic mass is 10.1. The van der Waals surface area contributed by atoms with Crippen molar-refractivity contribution in [3.63, 3.8) is 0 Å². The lowest BCUT2D eigenvalue weighted by Crippen LogP contribution is -2.07. The van der Waals surface area contributed by atoms with Gasteiger partial charge < -0.3 is 9.47 Å². The Hall–Kier alpha value is -1.75. The molecular weight excluding hydrogens is 210 g/mol. The standard InChI is InChI=1S/C11H15NO4/c1-7-5-10(14-2)9(12-16-4)6-8(7)11(13)15-3/h5-6,12H,1-4H3. The van der Waals surface area contributed by atoms with Crippen LogP contribution in [0.4, 0.5) is 5.69 Å². The van der Waals surface area contributed by atoms with Gasteiger partial charge in [-0.05, 0) is 24.6 Å². The van der Waals surface area contributed by atoms with E-state index in [1.807, 2.05) is 6.92 Å². The van der Waals surface area contributed by atoms with Gasteiger partial charge in [-0.1, -0.05) is 0 Å². The molecule has 88 valence electrons. The highest BCUT2D eigenvalue weighted by Crippen LogP contribution is 2.28. The molecule has 16 heavy (non-hydrogen) atoms. The first-order valence-corrected chi connectivity index (χ1v) is 4.70. The van der Waals surface area contributed by atoms with Crippen LogP contribution >= 0.6 is 0 Å². The molecular formula is C11H15NO4. The lowest BCUT2D eigenvalue weighted by molar-refractivity contribution is 0.0600. The van der Waals surface area contributed by atoms with Crippen molar-refractivity contribution in [2.75, 3.05) is 26.8 Å². The fourth-order valence-corrected chi connectivity index (χ4v) is 1.37. The van der Waals surface area contributed by atoms with Crippen LogP contribution in [-0.4, -0.2) is 27.3 Å². The maximum absolute atomic E-state index is 11.5. The summed E-state index contributed by atoms with van der Waals surface area (Å²) in [6.45, 7) is 1.81. The fourth-order valence-electron chi connectivity index (χ4n) is 1.37. The highest BCUT2D eigenvalue weighted by molar-refractivity contribution is 5.92. The highest BCUT2D eigenvalue weighted by atomic mass is 16.6. The average molecular weight is 225 g/mol. The van der Waals surface area contributed by atoms with Gasteiger partial charge in [-0.25, -0.2) is 4.79 Å². The van der Waals surface area contributed by atoms with E-state index in [4.69, 9.17) is 9.57 Å². The second-order valence-corrected chi connectivity index (χ2v) is 3.17. The van der Waals surface area contributed by atoms with Crippen molar-refractivity contribution in [2.45, 2.75) is 6.92 Å². The number of anilines is 1. The first-order valence-electron chi connectivity index (χ1n) is 4.70. The monoisotopic (exact) mass is 225 g/mol. The summed E-state index contributed by atoms with van der Waals surface area (Å²) in [6.07, 6.45) is 0. The van der Waals surface area contributed by atoms with E-state index in [9.17, 15) is 4.79 Å². The van der Waals surface area contributed by atoms with Crippen LogP contribution in [0.25, 0.3) is 0 Å². The van der Waals surface area contributed by atoms with E-state index in [-0.39, 0.29) is 5.97 Å². The van der Waals surface area contributed by atoms with Crippen molar-refractivity contribution in [1.82, 2.24) is 0 Å². The number of methoxy groups -OCH3 is 2. The van der Waals surface area contributed by atoms with Crippen LogP contribution in [0.1, 0.15) is 15.9 Å². The smallest absolute Gasteiger partial charge is 0.338 e. The molecule has 0 radical (unpaired) electrons. The second kappa shape index (κ2) is 5.37. The van der Waals surface area contributed by atoms with E-state index >= 15 is 0 Å². The molecule has 0 aromatic heterocycles. The summed E-state index contributed by atoms with van der Waals surface area (Å²) >= 11 is 0. The quantitative estimate of drug-likeness (QED) is 0.625. The van der Waals surface area contributed by atoms with Gasteiger partial charge in [0.15, 0.2) is 0 Å². The van der Waals surface area contributed by atoms with Crippen LogP contribution in [0.3, 0.4) is 0 Å². The van der Waals surface area contributed by atoms with Crippen LogP contribution in [0.2, 0.25) is 0 Å². The van der Waals surface area contributed by atoms with Crippen molar-refractivity contribution in [3.8, 4) is 5.75 Å². The molecule has 1 rings (SSSR count). The molecule has 5 heteroatoms. The van der Waals surface area contributed by atoms with E-state index in [1.54, 1.807) is 19.2 Å². The highest BCUT2D eigenvalue weighted by Gasteiger charge is 2.14. The van der Waals surface area contributed by atoms with Gasteiger partial charge in [0.1, 0.15) is 11.4 Å². The number of ether oxygens (including phenoxy) is 2. The summed E-state index contributed by atoms with van der Waals surface area (Å²) in [5, 5.41) is 0. The summed E-state index contributed by atoms with van der Waals surface area (Å²) in [6, 6.07) is 3.37. The normalized spacial score (nSPS) is 9.75. The van der Waals surface area contributed by atoms with Crippen molar-refractivity contribution in [2.24, 2.45) is 0 Å². The van der Waals surface area contributed by atoms with E-state index < -0.39 is 0 Å². The molecule has 0 aliphatic carbocycles. The number of carbonyl (C=O) groups is 1. The number of hydrogen-bond acceptors (Lipinski definition) is 5. The third kappa shape index (κ3) is 2.43. The molecule has 0 saturated carbocycles. The Labute approximate surface area is 94.3 Å². The molecule has 0 fully saturated rings. The maximum atomic E-state index is 11.5. The van der Waals surface area contributed by atoms with Crippen LogP contribution in [0.5, 0.6) is 5.75 Å². The molecule has 0 atom stereocenters. The number of carbonyl (C=O) groups excluding carboxylic acids is 1. The number of rotatable bonds is 4. The molecule has 1 aromatic rings. The summed E-state index contributed by atoms with van der Waals surface area (Å²) < 4.78 is 9.83. The van der Waals surface area contributed by atoms with Crippen LogP contribution < -0.4 is 10.2 Å². The zero-order valence-corrected chi connectivity index (χ0v) is 9.79. The van der Waals surface area contributed by atoms with E-state index in [2.05, 4.69) is 10.2 Å². The lowest BCUT2D eigenvalue weighted by Gasteiger charge is -2.12. The number of aryl methyl sites for hydroxylation is 1. The van der Waals surface area contributed by atoms with E-state index in [0.29, 0.717) is 17.0 Å². The van der Waals surface area contributed by atoms with Gasteiger partial charge in [0.05, 0.1) is 26.9 Å². The first-order chi connectivity index (χ1) is 7.63. The molecule has 0 heterocycles. The summed E-state index contributed by atoms with van der Waals surface area (Å²) in [5.41, 5.74) is 4.48. The molecule has 0 bridgehead atoms. The maximum Gasteiger partial charge on any atom is 0.338 e. The van der Waals surface area contributed by atoms with Gasteiger partial charge >= 0.3 is 5.97 Å². The van der Waals surface area contributed by atoms with Crippen molar-refractivity contribution in [3.05, 3.63) is 23.3 Å². The van der Waals surface area contributed by atoms with E-state index in [1.165, 1.54) is 14.2 Å². The van der Waals surface area contributed by atoms with E-state index in [0.717, 1.165) is 5.56 Å². The molecule has 0 aliphatic heterocycles. The number of hydrogen-bond donors (Lipinski definition) is 1. The summed E-state index contributed by atoms with van der Waals surface area (Å²) in [7, 11) is 4.37. The number of esters is 1. The Morgan fingerprint density at radius 1 is 1.25 bits per heavy atom. The third-order valence-corrected chi connectivity index (χ3v) is 2.16. The van der Waals surface area contributed by atoms with Gasteiger partial charge in [-0.2, -0.15) is 0 Å². The zero-order chi connectivity index (χ0) is 12.1. The molecule has 0 saturated heterocycles. The van der Waals surface area contributed by atoms with Crippen LogP contribution in [-0.2, 0) is 9.57 Å². The molecule has 1 N–H and O–H groups in total. The molecule has 1 aromatic carbocycles. The van der Waals surface area contributed by atoms with Gasteiger partial charge in [-0.3, -0.25) is 10.3 Å². The predicted molar refractivity (Wildman–Crippen MR) is 59.7 cm³/mol. The van der Waals surface area contributed by atoms with Crippen molar-refractivity contribution >= 4 is 11.7 Å². The third-order valence-electron chi connectivity index (χ3n) is 2.16. The minimum Gasteiger partial charge on any atom is -0.494 e. The Bertz CT molecular complexity index is 390. The molecule has 5 nitrogen and oxygen atoms in total. The van der Waals surface area contributed by atoms with Gasteiger partial charge in [-0.15, -0.1) is 0 Å². The van der Waals surface area contributed by atoms with Crippen molar-refractivity contribution in [1.29, 1.82) is 0 Å². The largest absolute Gasteiger partial charge is 0.494 e. The van der Waals surface area contributed by atoms with Crippen LogP contribution in [0, 0.1) is 6.92 Å². The summed E-state index contributed by atoms with van der Waals surface area (Å²) in [4.78, 5) is 16.3. The zero-order valence-electron chi connectivity index (χ0n) is 9.79. The Morgan fingerprint density at radius 3 is 2.44 bits per heavy atom. The Kier molecular flexibility index (Phi) is 4.13. The van der Waals surface area contributed by atoms with Gasteiger partial charge in [0.25, 0.3) is 0 Å². The van der Waals surface area contributed by atoms with Gasteiger partial charge in [0, 0.05) is 0 Å².